The van der Waals surface area contributed by atoms with E-state index < -0.39 is 0 Å². The Balaban J connectivity index is 1.66. The van der Waals surface area contributed by atoms with Crippen LogP contribution >= 0.6 is 22.9 Å². The van der Waals surface area contributed by atoms with E-state index in [1.807, 2.05) is 42.5 Å². The molecule has 3 rings (SSSR count). The van der Waals surface area contributed by atoms with Gasteiger partial charge in [0.2, 0.25) is 5.01 Å². The first kappa shape index (κ1) is 16.3. The van der Waals surface area contributed by atoms with Crippen LogP contribution in [0.4, 0.5) is 0 Å². The van der Waals surface area contributed by atoms with Gasteiger partial charge in [-0.2, -0.15) is 0 Å². The molecular weight excluding hydrogens is 344 g/mol. The summed E-state index contributed by atoms with van der Waals surface area (Å²) in [6.07, 6.45) is 5.11. The molecule has 1 N–H and O–H groups in total. The number of benzene rings is 1. The summed E-state index contributed by atoms with van der Waals surface area (Å²) < 4.78 is 0. The van der Waals surface area contributed by atoms with Crippen LogP contribution in [0.3, 0.4) is 0 Å². The van der Waals surface area contributed by atoms with Gasteiger partial charge in [-0.15, -0.1) is 10.2 Å². The predicted molar refractivity (Wildman–Crippen MR) is 95.5 cm³/mol. The second-order valence-electron chi connectivity index (χ2n) is 4.86. The fourth-order valence-electron chi connectivity index (χ4n) is 1.93. The molecule has 24 heavy (non-hydrogen) atoms. The maximum atomic E-state index is 12.1. The summed E-state index contributed by atoms with van der Waals surface area (Å²) in [5.74, 6) is -0.270. The Morgan fingerprint density at radius 1 is 1.12 bits per heavy atom. The summed E-state index contributed by atoms with van der Waals surface area (Å²) in [5, 5.41) is 11.9. The highest BCUT2D eigenvalue weighted by molar-refractivity contribution is 7.15. The largest absolute Gasteiger partial charge is 0.346 e. The van der Waals surface area contributed by atoms with Gasteiger partial charge in [-0.25, -0.2) is 0 Å². The lowest BCUT2D eigenvalue weighted by Gasteiger charge is -2.02. The van der Waals surface area contributed by atoms with Crippen LogP contribution in [0.25, 0.3) is 11.1 Å². The zero-order valence-electron chi connectivity index (χ0n) is 12.5. The van der Waals surface area contributed by atoms with Gasteiger partial charge >= 0.3 is 0 Å². The van der Waals surface area contributed by atoms with Crippen LogP contribution in [-0.4, -0.2) is 21.1 Å². The van der Waals surface area contributed by atoms with E-state index in [1.165, 1.54) is 0 Å². The Kier molecular flexibility index (Phi) is 5.30. The molecule has 7 heteroatoms. The second kappa shape index (κ2) is 7.81. The minimum Gasteiger partial charge on any atom is -0.346 e. The van der Waals surface area contributed by atoms with Gasteiger partial charge in [-0.05, 0) is 23.3 Å². The number of carbonyl (C=O) groups is 1. The molecule has 2 aromatic heterocycles. The molecule has 0 spiro atoms. The first-order valence-corrected chi connectivity index (χ1v) is 8.35. The Hall–Kier alpha value is -2.57. The molecule has 2 heterocycles. The molecule has 0 aliphatic carbocycles. The standard InChI is InChI=1S/C17H13ClN4OS/c18-14(9-13-7-4-8-19-10-13)16-21-22-17(24-16)15(23)20-11-12-5-2-1-3-6-12/h1-10H,11H2,(H,20,23)/b14-9-. The molecule has 5 nitrogen and oxygen atoms in total. The maximum Gasteiger partial charge on any atom is 0.282 e. The molecule has 120 valence electrons. The van der Waals surface area contributed by atoms with E-state index >= 15 is 0 Å². The third-order valence-electron chi connectivity index (χ3n) is 3.10. The summed E-state index contributed by atoms with van der Waals surface area (Å²) in [4.78, 5) is 16.2. The van der Waals surface area contributed by atoms with Crippen molar-refractivity contribution in [1.29, 1.82) is 0 Å². The lowest BCUT2D eigenvalue weighted by molar-refractivity contribution is 0.0950. The Morgan fingerprint density at radius 2 is 1.92 bits per heavy atom. The van der Waals surface area contributed by atoms with Crippen molar-refractivity contribution in [3.05, 3.63) is 76.0 Å². The van der Waals surface area contributed by atoms with Crippen molar-refractivity contribution in [2.45, 2.75) is 6.54 Å². The van der Waals surface area contributed by atoms with E-state index in [0.29, 0.717) is 16.6 Å². The molecule has 0 unspecified atom stereocenters. The third kappa shape index (κ3) is 4.24. The van der Waals surface area contributed by atoms with Gasteiger partial charge < -0.3 is 5.32 Å². The van der Waals surface area contributed by atoms with Crippen LogP contribution in [-0.2, 0) is 6.54 Å². The maximum absolute atomic E-state index is 12.1. The molecule has 0 radical (unpaired) electrons. The van der Waals surface area contributed by atoms with Crippen molar-refractivity contribution in [3.63, 3.8) is 0 Å². The molecule has 0 aliphatic rings. The second-order valence-corrected chi connectivity index (χ2v) is 6.24. The topological polar surface area (TPSA) is 67.8 Å². The van der Waals surface area contributed by atoms with Crippen molar-refractivity contribution < 1.29 is 4.79 Å². The predicted octanol–water partition coefficient (Wildman–Crippen LogP) is 3.60. The van der Waals surface area contributed by atoms with E-state index in [0.717, 1.165) is 22.5 Å². The smallest absolute Gasteiger partial charge is 0.282 e. The summed E-state index contributed by atoms with van der Waals surface area (Å²) in [7, 11) is 0. The van der Waals surface area contributed by atoms with Crippen molar-refractivity contribution >= 4 is 40.0 Å². The first-order chi connectivity index (χ1) is 11.7. The number of carbonyl (C=O) groups excluding carboxylic acids is 1. The normalized spacial score (nSPS) is 11.3. The Morgan fingerprint density at radius 3 is 2.67 bits per heavy atom. The monoisotopic (exact) mass is 356 g/mol. The minimum absolute atomic E-state index is 0.270. The van der Waals surface area contributed by atoms with Gasteiger partial charge in [-0.3, -0.25) is 9.78 Å². The van der Waals surface area contributed by atoms with Crippen molar-refractivity contribution in [2.24, 2.45) is 0 Å². The molecule has 0 bridgehead atoms. The summed E-state index contributed by atoms with van der Waals surface area (Å²) in [5.41, 5.74) is 1.87. The molecule has 0 atom stereocenters. The zero-order chi connectivity index (χ0) is 16.8. The fraction of sp³-hybridized carbons (Fsp3) is 0.0588. The fourth-order valence-corrected chi connectivity index (χ4v) is 2.88. The molecule has 1 amide bonds. The van der Waals surface area contributed by atoms with Crippen LogP contribution in [0.15, 0.2) is 54.9 Å². The summed E-state index contributed by atoms with van der Waals surface area (Å²) >= 11 is 7.39. The van der Waals surface area contributed by atoms with Crippen LogP contribution < -0.4 is 5.32 Å². The quantitative estimate of drug-likeness (QED) is 0.758. The number of rotatable bonds is 5. The highest BCUT2D eigenvalue weighted by Gasteiger charge is 2.14. The average Bonchev–Trinajstić information content (AvgIpc) is 3.12. The molecule has 0 saturated carbocycles. The van der Waals surface area contributed by atoms with E-state index in [-0.39, 0.29) is 10.9 Å². The van der Waals surface area contributed by atoms with E-state index in [2.05, 4.69) is 20.5 Å². The number of hydrogen-bond acceptors (Lipinski definition) is 5. The van der Waals surface area contributed by atoms with Crippen molar-refractivity contribution in [2.75, 3.05) is 0 Å². The van der Waals surface area contributed by atoms with E-state index in [4.69, 9.17) is 11.6 Å². The van der Waals surface area contributed by atoms with Crippen molar-refractivity contribution in [1.82, 2.24) is 20.5 Å². The van der Waals surface area contributed by atoms with Gasteiger partial charge in [-0.1, -0.05) is 59.3 Å². The molecule has 0 aliphatic heterocycles. The van der Waals surface area contributed by atoms with Gasteiger partial charge in [0.15, 0.2) is 5.01 Å². The lowest BCUT2D eigenvalue weighted by Crippen LogP contribution is -2.22. The zero-order valence-corrected chi connectivity index (χ0v) is 14.1. The number of aromatic nitrogens is 3. The van der Waals surface area contributed by atoms with Crippen LogP contribution in [0.1, 0.15) is 25.9 Å². The number of halogens is 1. The number of nitrogens with zero attached hydrogens (tertiary/aromatic N) is 3. The third-order valence-corrected chi connectivity index (χ3v) is 4.45. The molecular formula is C17H13ClN4OS. The molecule has 1 aromatic carbocycles. The molecule has 3 aromatic rings. The number of pyridine rings is 1. The number of hydrogen-bond donors (Lipinski definition) is 1. The van der Waals surface area contributed by atoms with E-state index in [1.54, 1.807) is 18.5 Å². The lowest BCUT2D eigenvalue weighted by atomic mass is 10.2. The van der Waals surface area contributed by atoms with Crippen LogP contribution in [0, 0.1) is 0 Å². The number of amides is 1. The number of nitrogens with one attached hydrogen (secondary N) is 1. The Bertz CT molecular complexity index is 849. The minimum atomic E-state index is -0.270. The van der Waals surface area contributed by atoms with Crippen molar-refractivity contribution in [3.8, 4) is 0 Å². The average molecular weight is 357 g/mol. The SMILES string of the molecule is O=C(NCc1ccccc1)c1nnc(/C(Cl)=C/c2cccnc2)s1. The molecule has 0 fully saturated rings. The van der Waals surface area contributed by atoms with Gasteiger partial charge in [0.1, 0.15) is 0 Å². The highest BCUT2D eigenvalue weighted by Crippen LogP contribution is 2.25. The highest BCUT2D eigenvalue weighted by atomic mass is 35.5. The van der Waals surface area contributed by atoms with Gasteiger partial charge in [0, 0.05) is 18.9 Å². The first-order valence-electron chi connectivity index (χ1n) is 7.15. The van der Waals surface area contributed by atoms with Gasteiger partial charge in [0.05, 0.1) is 5.03 Å². The summed E-state index contributed by atoms with van der Waals surface area (Å²) in [6.45, 7) is 0.438. The summed E-state index contributed by atoms with van der Waals surface area (Å²) in [6, 6.07) is 13.4. The van der Waals surface area contributed by atoms with E-state index in [9.17, 15) is 4.79 Å². The van der Waals surface area contributed by atoms with Crippen LogP contribution in [0.5, 0.6) is 0 Å². The Labute approximate surface area is 148 Å². The van der Waals surface area contributed by atoms with Crippen LogP contribution in [0.2, 0.25) is 0 Å². The molecule has 0 saturated heterocycles. The van der Waals surface area contributed by atoms with Gasteiger partial charge in [0.25, 0.3) is 5.91 Å².